The number of aliphatic carboxylic acids is 1. The quantitative estimate of drug-likeness (QED) is 0.835. The van der Waals surface area contributed by atoms with Gasteiger partial charge < -0.3 is 10.4 Å². The highest BCUT2D eigenvalue weighted by Gasteiger charge is 2.18. The molecule has 118 valence electrons. The van der Waals surface area contributed by atoms with Crippen LogP contribution in [0.2, 0.25) is 0 Å². The van der Waals surface area contributed by atoms with Gasteiger partial charge in [-0.3, -0.25) is 4.79 Å². The summed E-state index contributed by atoms with van der Waals surface area (Å²) < 4.78 is 0. The third kappa shape index (κ3) is 5.61. The van der Waals surface area contributed by atoms with Crippen molar-refractivity contribution in [3.8, 4) is 11.8 Å². The number of hydrogen-bond donors (Lipinski definition) is 2. The third-order valence-corrected chi connectivity index (χ3v) is 3.32. The van der Waals surface area contributed by atoms with Crippen LogP contribution < -0.4 is 5.32 Å². The average molecular weight is 307 g/mol. The Morgan fingerprint density at radius 3 is 2.35 bits per heavy atom. The summed E-state index contributed by atoms with van der Waals surface area (Å²) in [4.78, 5) is 11.3. The van der Waals surface area contributed by atoms with E-state index in [2.05, 4.69) is 17.2 Å². The summed E-state index contributed by atoms with van der Waals surface area (Å²) in [5, 5.41) is 12.4. The van der Waals surface area contributed by atoms with Crippen LogP contribution in [0.5, 0.6) is 0 Å². The van der Waals surface area contributed by atoms with Crippen LogP contribution in [0, 0.1) is 11.8 Å². The number of nitrogens with one attached hydrogen (secondary N) is 1. The lowest BCUT2D eigenvalue weighted by molar-refractivity contribution is -0.139. The fourth-order valence-corrected chi connectivity index (χ4v) is 2.30. The predicted octanol–water partition coefficient (Wildman–Crippen LogP) is 3.08. The van der Waals surface area contributed by atoms with E-state index in [4.69, 9.17) is 0 Å². The van der Waals surface area contributed by atoms with Gasteiger partial charge in [-0.25, -0.2) is 0 Å². The van der Waals surface area contributed by atoms with Gasteiger partial charge >= 0.3 is 5.97 Å². The van der Waals surface area contributed by atoms with Gasteiger partial charge in [-0.15, -0.1) is 0 Å². The first-order valence-electron chi connectivity index (χ1n) is 7.69. The van der Waals surface area contributed by atoms with E-state index >= 15 is 0 Å². The van der Waals surface area contributed by atoms with Crippen molar-refractivity contribution in [1.29, 1.82) is 0 Å². The van der Waals surface area contributed by atoms with Gasteiger partial charge in [0.1, 0.15) is 6.04 Å². The highest BCUT2D eigenvalue weighted by molar-refractivity contribution is 5.74. The monoisotopic (exact) mass is 307 g/mol. The first-order valence-corrected chi connectivity index (χ1v) is 7.69. The van der Waals surface area contributed by atoms with Crippen LogP contribution in [0.25, 0.3) is 0 Å². The molecule has 1 unspecified atom stereocenters. The summed E-state index contributed by atoms with van der Waals surface area (Å²) in [5.74, 6) is 5.41. The van der Waals surface area contributed by atoms with Crippen LogP contribution in [-0.4, -0.2) is 23.2 Å². The number of benzene rings is 2. The predicted molar refractivity (Wildman–Crippen MR) is 92.3 cm³/mol. The van der Waals surface area contributed by atoms with Gasteiger partial charge in [-0.2, -0.15) is 0 Å². The zero-order valence-electron chi connectivity index (χ0n) is 13.4. The number of hydrogen-bond acceptors (Lipinski definition) is 2. The summed E-state index contributed by atoms with van der Waals surface area (Å²) in [6.45, 7) is 3.88. The van der Waals surface area contributed by atoms with E-state index in [1.165, 1.54) is 0 Å². The summed E-state index contributed by atoms with van der Waals surface area (Å²) in [7, 11) is 0. The number of carboxylic acids is 1. The molecule has 0 aliphatic rings. The molecule has 0 aromatic heterocycles. The van der Waals surface area contributed by atoms with Gasteiger partial charge in [0, 0.05) is 17.2 Å². The first-order chi connectivity index (χ1) is 11.0. The zero-order valence-corrected chi connectivity index (χ0v) is 13.4. The van der Waals surface area contributed by atoms with Crippen molar-refractivity contribution in [3.05, 3.63) is 71.3 Å². The molecule has 0 aliphatic carbocycles. The van der Waals surface area contributed by atoms with E-state index in [1.807, 2.05) is 68.4 Å². The second kappa shape index (κ2) is 8.17. The lowest BCUT2D eigenvalue weighted by Gasteiger charge is -2.17. The molecule has 0 fully saturated rings. The van der Waals surface area contributed by atoms with E-state index in [9.17, 15) is 9.90 Å². The maximum absolute atomic E-state index is 11.3. The molecule has 0 radical (unpaired) electrons. The molecule has 2 aromatic rings. The Kier molecular flexibility index (Phi) is 5.96. The van der Waals surface area contributed by atoms with Crippen LogP contribution >= 0.6 is 0 Å². The smallest absolute Gasteiger partial charge is 0.321 e. The van der Waals surface area contributed by atoms with Crippen molar-refractivity contribution < 1.29 is 9.90 Å². The topological polar surface area (TPSA) is 49.3 Å². The van der Waals surface area contributed by atoms with Crippen molar-refractivity contribution in [1.82, 2.24) is 5.32 Å². The van der Waals surface area contributed by atoms with Crippen molar-refractivity contribution >= 4 is 5.97 Å². The average Bonchev–Trinajstić information content (AvgIpc) is 2.53. The van der Waals surface area contributed by atoms with Crippen LogP contribution in [-0.2, 0) is 11.2 Å². The van der Waals surface area contributed by atoms with E-state index in [-0.39, 0.29) is 6.04 Å². The van der Waals surface area contributed by atoms with Gasteiger partial charge in [0.2, 0.25) is 0 Å². The summed E-state index contributed by atoms with van der Waals surface area (Å²) in [6, 6.07) is 17.1. The Morgan fingerprint density at radius 2 is 1.70 bits per heavy atom. The van der Waals surface area contributed by atoms with E-state index in [0.717, 1.165) is 16.7 Å². The third-order valence-electron chi connectivity index (χ3n) is 3.32. The van der Waals surface area contributed by atoms with Crippen LogP contribution in [0.15, 0.2) is 54.6 Å². The molecule has 0 saturated heterocycles. The Bertz CT molecular complexity index is 711. The van der Waals surface area contributed by atoms with Gasteiger partial charge in [0.25, 0.3) is 0 Å². The Morgan fingerprint density at radius 1 is 1.04 bits per heavy atom. The number of carboxylic acid groups (broad SMARTS) is 1. The minimum atomic E-state index is -0.834. The van der Waals surface area contributed by atoms with Gasteiger partial charge in [-0.05, 0) is 36.2 Å². The molecule has 2 rings (SSSR count). The van der Waals surface area contributed by atoms with Crippen molar-refractivity contribution in [2.75, 3.05) is 0 Å². The fraction of sp³-hybridized carbons (Fsp3) is 0.250. The molecule has 0 saturated carbocycles. The molecular formula is C20H21NO2. The lowest BCUT2D eigenvalue weighted by atomic mass is 10.0. The standard InChI is InChI=1S/C20H21NO2/c1-15(2)21-19(20(22)23)14-18-10-6-9-17(13-18)12-11-16-7-4-3-5-8-16/h3-10,13,15,19,21H,14H2,1-2H3,(H,22,23). The highest BCUT2D eigenvalue weighted by atomic mass is 16.4. The molecule has 0 spiro atoms. The minimum Gasteiger partial charge on any atom is -0.480 e. The normalized spacial score (nSPS) is 11.6. The van der Waals surface area contributed by atoms with Crippen molar-refractivity contribution in [2.24, 2.45) is 0 Å². The lowest BCUT2D eigenvalue weighted by Crippen LogP contribution is -2.42. The molecule has 23 heavy (non-hydrogen) atoms. The first kappa shape index (κ1) is 16.8. The second-order valence-electron chi connectivity index (χ2n) is 5.73. The van der Waals surface area contributed by atoms with E-state index < -0.39 is 12.0 Å². The minimum absolute atomic E-state index is 0.122. The maximum Gasteiger partial charge on any atom is 0.321 e. The molecule has 3 nitrogen and oxygen atoms in total. The van der Waals surface area contributed by atoms with Gasteiger partial charge in [0.05, 0.1) is 0 Å². The van der Waals surface area contributed by atoms with E-state index in [0.29, 0.717) is 6.42 Å². The molecule has 1 atom stereocenters. The van der Waals surface area contributed by atoms with Crippen LogP contribution in [0.4, 0.5) is 0 Å². The molecule has 2 N–H and O–H groups in total. The van der Waals surface area contributed by atoms with Gasteiger partial charge in [0.15, 0.2) is 0 Å². The zero-order chi connectivity index (χ0) is 16.7. The summed E-state index contributed by atoms with van der Waals surface area (Å²) >= 11 is 0. The Balaban J connectivity index is 2.13. The largest absolute Gasteiger partial charge is 0.480 e. The van der Waals surface area contributed by atoms with Gasteiger partial charge in [-0.1, -0.05) is 56.0 Å². The SMILES string of the molecule is CC(C)NC(Cc1cccc(C#Cc2ccccc2)c1)C(=O)O. The van der Waals surface area contributed by atoms with Crippen molar-refractivity contribution in [2.45, 2.75) is 32.4 Å². The molecular weight excluding hydrogens is 286 g/mol. The molecule has 0 heterocycles. The highest BCUT2D eigenvalue weighted by Crippen LogP contribution is 2.08. The fourth-order valence-electron chi connectivity index (χ4n) is 2.30. The molecule has 0 amide bonds. The second-order valence-corrected chi connectivity index (χ2v) is 5.73. The molecule has 3 heteroatoms. The molecule has 2 aromatic carbocycles. The molecule has 0 aliphatic heterocycles. The van der Waals surface area contributed by atoms with E-state index in [1.54, 1.807) is 0 Å². The number of carbonyl (C=O) groups is 1. The van der Waals surface area contributed by atoms with Crippen molar-refractivity contribution in [3.63, 3.8) is 0 Å². The maximum atomic E-state index is 11.3. The Labute approximate surface area is 137 Å². The summed E-state index contributed by atoms with van der Waals surface area (Å²) in [6.07, 6.45) is 0.439. The Hall–Kier alpha value is -2.57. The van der Waals surface area contributed by atoms with Crippen LogP contribution in [0.1, 0.15) is 30.5 Å². The van der Waals surface area contributed by atoms with Crippen LogP contribution in [0.3, 0.4) is 0 Å². The summed E-state index contributed by atoms with van der Waals surface area (Å²) in [5.41, 5.74) is 2.81. The number of rotatable bonds is 5. The molecule has 0 bridgehead atoms.